The predicted octanol–water partition coefficient (Wildman–Crippen LogP) is 2.45. The largest absolute Gasteiger partial charge is 0.468 e. The van der Waals surface area contributed by atoms with Gasteiger partial charge in [0.2, 0.25) is 11.7 Å². The second-order valence-corrected chi connectivity index (χ2v) is 7.70. The molecule has 1 aliphatic heterocycles. The fourth-order valence-corrected chi connectivity index (χ4v) is 3.56. The first-order valence-corrected chi connectivity index (χ1v) is 10.8. The number of rotatable bonds is 6. The average molecular weight is 464 g/mol. The molecule has 0 radical (unpaired) electrons. The molecule has 3 aromatic rings. The molecule has 1 aliphatic rings. The monoisotopic (exact) mass is 464 g/mol. The van der Waals surface area contributed by atoms with Crippen molar-refractivity contribution in [2.75, 3.05) is 32.1 Å². The van der Waals surface area contributed by atoms with E-state index in [4.69, 9.17) is 4.52 Å². The molecule has 1 aromatic carbocycles. The lowest BCUT2D eigenvalue weighted by molar-refractivity contribution is -0.139. The zero-order valence-electron chi connectivity index (χ0n) is 18.6. The molecule has 3 amide bonds. The topological polar surface area (TPSA) is 140 Å². The number of esters is 1. The van der Waals surface area contributed by atoms with E-state index in [-0.39, 0.29) is 18.5 Å². The first-order valence-electron chi connectivity index (χ1n) is 10.8. The number of nitrogens with one attached hydrogen (secondary N) is 2. The summed E-state index contributed by atoms with van der Waals surface area (Å²) in [5.74, 6) is 0.156. The third kappa shape index (κ3) is 5.55. The van der Waals surface area contributed by atoms with Gasteiger partial charge in [-0.05, 0) is 49.2 Å². The van der Waals surface area contributed by atoms with Crippen LogP contribution < -0.4 is 10.6 Å². The summed E-state index contributed by atoms with van der Waals surface area (Å²) in [6.45, 7) is 0.884. The number of ether oxygens (including phenoxy) is 1. The number of nitrogens with zero attached hydrogens (tertiary/aromatic N) is 4. The van der Waals surface area contributed by atoms with Gasteiger partial charge in [-0.2, -0.15) is 4.98 Å². The lowest BCUT2D eigenvalue weighted by Gasteiger charge is -2.30. The van der Waals surface area contributed by atoms with Crippen molar-refractivity contribution in [3.8, 4) is 11.5 Å². The molecule has 0 atom stereocenters. The molecule has 0 unspecified atom stereocenters. The molecule has 4 rings (SSSR count). The van der Waals surface area contributed by atoms with Gasteiger partial charge in [0, 0.05) is 36.5 Å². The Kier molecular flexibility index (Phi) is 7.11. The summed E-state index contributed by atoms with van der Waals surface area (Å²) >= 11 is 0. The third-order valence-corrected chi connectivity index (χ3v) is 5.49. The van der Waals surface area contributed by atoms with Crippen LogP contribution in [0.1, 0.15) is 35.0 Å². The highest BCUT2D eigenvalue weighted by Crippen LogP contribution is 2.28. The van der Waals surface area contributed by atoms with Crippen molar-refractivity contribution >= 4 is 23.6 Å². The van der Waals surface area contributed by atoms with Gasteiger partial charge < -0.3 is 24.8 Å². The molecule has 2 aromatic heterocycles. The molecule has 2 N–H and O–H groups in total. The highest BCUT2D eigenvalue weighted by molar-refractivity contribution is 5.97. The number of carbonyl (C=O) groups excluding carboxylic acids is 3. The minimum atomic E-state index is -0.534. The molecule has 11 nitrogen and oxygen atoms in total. The van der Waals surface area contributed by atoms with Crippen LogP contribution in [-0.4, -0.2) is 64.7 Å². The van der Waals surface area contributed by atoms with Crippen LogP contribution in [0.5, 0.6) is 0 Å². The maximum atomic E-state index is 12.7. The van der Waals surface area contributed by atoms with Gasteiger partial charge in [-0.25, -0.2) is 4.79 Å². The standard InChI is InChI=1S/C23H24N6O5/c1-33-19(30)14-25-21(31)15-5-7-17(8-6-15)26-23(32)29-12-9-16(10-13-29)22-27-20(28-34-22)18-4-2-3-11-24-18/h2-8,11,16H,9-10,12-14H2,1H3,(H,25,31)(H,26,32). The first-order chi connectivity index (χ1) is 16.5. The summed E-state index contributed by atoms with van der Waals surface area (Å²) in [6.07, 6.45) is 3.09. The second-order valence-electron chi connectivity index (χ2n) is 7.70. The number of hydrogen-bond donors (Lipinski definition) is 2. The maximum Gasteiger partial charge on any atom is 0.325 e. The maximum absolute atomic E-state index is 12.7. The number of carbonyl (C=O) groups is 3. The van der Waals surface area contributed by atoms with Crippen LogP contribution in [0.4, 0.5) is 10.5 Å². The molecule has 1 saturated heterocycles. The van der Waals surface area contributed by atoms with Gasteiger partial charge in [-0.1, -0.05) is 11.2 Å². The Morgan fingerprint density at radius 1 is 1.12 bits per heavy atom. The summed E-state index contributed by atoms with van der Waals surface area (Å²) in [4.78, 5) is 46.3. The lowest BCUT2D eigenvalue weighted by Crippen LogP contribution is -2.40. The second kappa shape index (κ2) is 10.6. The van der Waals surface area contributed by atoms with Gasteiger partial charge in [0.15, 0.2) is 0 Å². The molecular weight excluding hydrogens is 440 g/mol. The fraction of sp³-hybridized carbons (Fsp3) is 0.304. The zero-order valence-corrected chi connectivity index (χ0v) is 18.6. The van der Waals surface area contributed by atoms with Gasteiger partial charge in [0.25, 0.3) is 5.91 Å². The summed E-state index contributed by atoms with van der Waals surface area (Å²) < 4.78 is 9.93. The Labute approximate surface area is 195 Å². The number of urea groups is 1. The van der Waals surface area contributed by atoms with Crippen molar-refractivity contribution in [3.05, 3.63) is 60.1 Å². The molecule has 0 spiro atoms. The van der Waals surface area contributed by atoms with Crippen LogP contribution in [0.3, 0.4) is 0 Å². The molecular formula is C23H24N6O5. The van der Waals surface area contributed by atoms with Crippen LogP contribution in [0.2, 0.25) is 0 Å². The van der Waals surface area contributed by atoms with E-state index >= 15 is 0 Å². The molecule has 11 heteroatoms. The van der Waals surface area contributed by atoms with E-state index in [2.05, 4.69) is 30.5 Å². The van der Waals surface area contributed by atoms with E-state index in [1.807, 2.05) is 18.2 Å². The van der Waals surface area contributed by atoms with Crippen molar-refractivity contribution < 1.29 is 23.6 Å². The van der Waals surface area contributed by atoms with E-state index in [0.717, 1.165) is 0 Å². The van der Waals surface area contributed by atoms with Crippen LogP contribution in [0, 0.1) is 0 Å². The molecule has 0 aliphatic carbocycles. The van der Waals surface area contributed by atoms with Gasteiger partial charge in [0.05, 0.1) is 7.11 Å². The number of benzene rings is 1. The number of methoxy groups -OCH3 is 1. The highest BCUT2D eigenvalue weighted by atomic mass is 16.5. The quantitative estimate of drug-likeness (QED) is 0.530. The number of anilines is 1. The number of aromatic nitrogens is 3. The smallest absolute Gasteiger partial charge is 0.325 e. The minimum Gasteiger partial charge on any atom is -0.468 e. The van der Waals surface area contributed by atoms with Gasteiger partial charge >= 0.3 is 12.0 Å². The minimum absolute atomic E-state index is 0.0804. The van der Waals surface area contributed by atoms with Crippen LogP contribution in [0.25, 0.3) is 11.5 Å². The fourth-order valence-electron chi connectivity index (χ4n) is 3.56. The van der Waals surface area contributed by atoms with E-state index in [1.165, 1.54) is 7.11 Å². The number of likely N-dealkylation sites (tertiary alicyclic amines) is 1. The number of amides is 3. The van der Waals surface area contributed by atoms with Gasteiger partial charge in [0.1, 0.15) is 12.2 Å². The normalized spacial score (nSPS) is 13.9. The Morgan fingerprint density at radius 2 is 1.88 bits per heavy atom. The van der Waals surface area contributed by atoms with Crippen molar-refractivity contribution in [3.63, 3.8) is 0 Å². The van der Waals surface area contributed by atoms with Crippen LogP contribution in [-0.2, 0) is 9.53 Å². The third-order valence-electron chi connectivity index (χ3n) is 5.49. The number of pyridine rings is 1. The predicted molar refractivity (Wildman–Crippen MR) is 121 cm³/mol. The molecule has 0 bridgehead atoms. The van der Waals surface area contributed by atoms with Gasteiger partial charge in [-0.15, -0.1) is 0 Å². The SMILES string of the molecule is COC(=O)CNC(=O)c1ccc(NC(=O)N2CCC(c3nc(-c4ccccn4)no3)CC2)cc1. The molecule has 3 heterocycles. The summed E-state index contributed by atoms with van der Waals surface area (Å²) in [6, 6.07) is 11.7. The molecule has 1 fully saturated rings. The summed E-state index contributed by atoms with van der Waals surface area (Å²) in [5, 5.41) is 9.32. The Morgan fingerprint density at radius 3 is 2.56 bits per heavy atom. The average Bonchev–Trinajstić information content (AvgIpc) is 3.38. The number of piperidine rings is 1. The molecule has 34 heavy (non-hydrogen) atoms. The Hall–Kier alpha value is -4.28. The van der Waals surface area contributed by atoms with Crippen molar-refractivity contribution in [2.24, 2.45) is 0 Å². The number of hydrogen-bond acceptors (Lipinski definition) is 8. The summed E-state index contributed by atoms with van der Waals surface area (Å²) in [5.41, 5.74) is 1.59. The van der Waals surface area contributed by atoms with Crippen molar-refractivity contribution in [1.29, 1.82) is 0 Å². The van der Waals surface area contributed by atoms with E-state index in [1.54, 1.807) is 35.4 Å². The van der Waals surface area contributed by atoms with Gasteiger partial charge in [-0.3, -0.25) is 14.6 Å². The Balaban J connectivity index is 1.26. The van der Waals surface area contributed by atoms with E-state index in [9.17, 15) is 14.4 Å². The van der Waals surface area contributed by atoms with Crippen molar-refractivity contribution in [1.82, 2.24) is 25.3 Å². The van der Waals surface area contributed by atoms with Crippen LogP contribution >= 0.6 is 0 Å². The van der Waals surface area contributed by atoms with Crippen LogP contribution in [0.15, 0.2) is 53.2 Å². The molecule has 176 valence electrons. The first kappa shape index (κ1) is 22.9. The Bertz CT molecular complexity index is 1140. The summed E-state index contributed by atoms with van der Waals surface area (Å²) in [7, 11) is 1.25. The van der Waals surface area contributed by atoms with E-state index in [0.29, 0.717) is 54.6 Å². The van der Waals surface area contributed by atoms with Crippen molar-refractivity contribution in [2.45, 2.75) is 18.8 Å². The highest BCUT2D eigenvalue weighted by Gasteiger charge is 2.28. The molecule has 0 saturated carbocycles. The zero-order chi connectivity index (χ0) is 23.9. The van der Waals surface area contributed by atoms with E-state index < -0.39 is 11.9 Å². The lowest BCUT2D eigenvalue weighted by atomic mass is 9.97.